The summed E-state index contributed by atoms with van der Waals surface area (Å²) in [4.78, 5) is 32.0. The van der Waals surface area contributed by atoms with E-state index in [1.165, 1.54) is 18.6 Å². The normalized spacial score (nSPS) is 18.8. The van der Waals surface area contributed by atoms with Gasteiger partial charge in [0.1, 0.15) is 17.6 Å². The average molecular weight is 697 g/mol. The number of pyridine rings is 1. The van der Waals surface area contributed by atoms with Crippen LogP contribution < -0.4 is 20.5 Å². The Labute approximate surface area is 300 Å². The van der Waals surface area contributed by atoms with E-state index >= 15 is 0 Å². The lowest BCUT2D eigenvalue weighted by Crippen LogP contribution is -2.53. The van der Waals surface area contributed by atoms with E-state index in [2.05, 4.69) is 15.2 Å². The van der Waals surface area contributed by atoms with Gasteiger partial charge in [-0.1, -0.05) is 74.6 Å². The van der Waals surface area contributed by atoms with Gasteiger partial charge in [-0.25, -0.2) is 4.79 Å². The number of phenolic OH excluding ortho intramolecular Hbond substituents is 1. The van der Waals surface area contributed by atoms with Crippen molar-refractivity contribution in [2.45, 2.75) is 76.5 Å². The van der Waals surface area contributed by atoms with Gasteiger partial charge in [0.05, 0.1) is 30.5 Å². The lowest BCUT2D eigenvalue weighted by Gasteiger charge is -2.44. The molecule has 51 heavy (non-hydrogen) atoms. The van der Waals surface area contributed by atoms with Crippen LogP contribution in [0.3, 0.4) is 0 Å². The van der Waals surface area contributed by atoms with Crippen molar-refractivity contribution in [1.82, 2.24) is 15.2 Å². The van der Waals surface area contributed by atoms with Crippen LogP contribution in [0.2, 0.25) is 0 Å². The van der Waals surface area contributed by atoms with Gasteiger partial charge in [0, 0.05) is 30.6 Å². The van der Waals surface area contributed by atoms with Crippen LogP contribution in [0.4, 0.5) is 10.5 Å². The molecule has 10 heteroatoms. The molecule has 1 aromatic heterocycles. The number of anilines is 1. The minimum Gasteiger partial charge on any atom is -0.506 e. The van der Waals surface area contributed by atoms with Crippen molar-refractivity contribution >= 4 is 22.7 Å². The molecular weight excluding hydrogens is 644 g/mol. The van der Waals surface area contributed by atoms with Gasteiger partial charge in [-0.2, -0.15) is 0 Å². The van der Waals surface area contributed by atoms with Crippen molar-refractivity contribution in [3.8, 4) is 11.5 Å². The molecule has 3 aliphatic rings. The minimum atomic E-state index is -0.742. The van der Waals surface area contributed by atoms with Crippen molar-refractivity contribution in [2.75, 3.05) is 44.2 Å². The number of fused-ring (bicyclic) bond motifs is 4. The number of carbonyl (C=O) groups is 1. The Hall–Kier alpha value is -4.38. The highest BCUT2D eigenvalue weighted by Gasteiger charge is 2.37. The summed E-state index contributed by atoms with van der Waals surface area (Å²) in [6.45, 7) is 5.31. The van der Waals surface area contributed by atoms with Gasteiger partial charge in [0.15, 0.2) is 0 Å². The second-order valence-electron chi connectivity index (χ2n) is 14.0. The van der Waals surface area contributed by atoms with E-state index in [1.54, 1.807) is 17.0 Å². The van der Waals surface area contributed by atoms with E-state index in [0.29, 0.717) is 42.1 Å². The number of nitrogens with one attached hydrogen (secondary N) is 2. The topological polar surface area (TPSA) is 127 Å². The van der Waals surface area contributed by atoms with Crippen LogP contribution >= 0.6 is 0 Å². The number of nitrogens with zero attached hydrogens (tertiary/aromatic N) is 2. The molecule has 0 saturated carbocycles. The van der Waals surface area contributed by atoms with Crippen LogP contribution in [0.15, 0.2) is 83.7 Å². The van der Waals surface area contributed by atoms with E-state index in [0.717, 1.165) is 94.5 Å². The molecule has 3 aliphatic heterocycles. The van der Waals surface area contributed by atoms with E-state index in [9.17, 15) is 19.8 Å². The Morgan fingerprint density at radius 3 is 2.45 bits per heavy atom. The maximum Gasteiger partial charge on any atom is 0.414 e. The third-order valence-electron chi connectivity index (χ3n) is 10.3. The summed E-state index contributed by atoms with van der Waals surface area (Å²) in [5.41, 5.74) is 2.55. The maximum absolute atomic E-state index is 13.6. The van der Waals surface area contributed by atoms with E-state index in [4.69, 9.17) is 9.47 Å². The number of piperidine rings is 3. The number of aromatic hydroxyl groups is 1. The number of hydrogen-bond donors (Lipinski definition) is 4. The molecule has 0 radical (unpaired) electrons. The molecule has 2 atom stereocenters. The molecule has 3 aromatic carbocycles. The first-order chi connectivity index (χ1) is 24.9. The van der Waals surface area contributed by atoms with Crippen molar-refractivity contribution in [3.05, 3.63) is 100 Å². The fourth-order valence-corrected chi connectivity index (χ4v) is 7.33. The molecule has 1 amide bonds. The van der Waals surface area contributed by atoms with Gasteiger partial charge < -0.3 is 30.0 Å². The summed E-state index contributed by atoms with van der Waals surface area (Å²) >= 11 is 0. The number of rotatable bonds is 18. The number of phenols is 1. The highest BCUT2D eigenvalue weighted by Crippen LogP contribution is 2.32. The molecule has 3 fully saturated rings. The average Bonchev–Trinajstić information content (AvgIpc) is 3.15. The summed E-state index contributed by atoms with van der Waals surface area (Å²) in [5, 5.41) is 24.8. The standard InChI is InChI=1S/C41H52N4O6/c46-36-18-16-34(35-17-19-39(48)43-40(35)36)37(47)27-42-22-9-4-2-1-3-5-10-25-50-33-15-11-14-32(26-33)45(28-30-12-7-6-8-13-30)41(49)51-38-29-44-23-20-31(38)21-24-44/h6-8,11-19,26,31,37-38,42,46-47H,1-5,9-10,20-25,27-29H2,(H,43,48)/t37-,38-/m0/s1. The first kappa shape index (κ1) is 36.4. The maximum atomic E-state index is 13.6. The Morgan fingerprint density at radius 2 is 1.69 bits per heavy atom. The summed E-state index contributed by atoms with van der Waals surface area (Å²) in [6.07, 6.45) is 8.81. The van der Waals surface area contributed by atoms with Crippen LogP contribution in [0, 0.1) is 5.92 Å². The second kappa shape index (κ2) is 18.2. The molecule has 3 saturated heterocycles. The molecule has 2 bridgehead atoms. The number of hydrogen-bond acceptors (Lipinski definition) is 8. The first-order valence-corrected chi connectivity index (χ1v) is 18.7. The monoisotopic (exact) mass is 696 g/mol. The molecular formula is C41H52N4O6. The van der Waals surface area contributed by atoms with Crippen molar-refractivity contribution < 1.29 is 24.5 Å². The number of ether oxygens (including phenoxy) is 2. The quantitative estimate of drug-likeness (QED) is 0.0828. The molecule has 0 aliphatic carbocycles. The fraction of sp³-hybridized carbons (Fsp3) is 0.463. The van der Waals surface area contributed by atoms with Crippen LogP contribution in [-0.2, 0) is 11.3 Å². The van der Waals surface area contributed by atoms with Gasteiger partial charge in [-0.15, -0.1) is 0 Å². The second-order valence-corrected chi connectivity index (χ2v) is 14.0. The highest BCUT2D eigenvalue weighted by atomic mass is 16.6. The highest BCUT2D eigenvalue weighted by molar-refractivity contribution is 5.88. The smallest absolute Gasteiger partial charge is 0.414 e. The van der Waals surface area contributed by atoms with Gasteiger partial charge in [0.2, 0.25) is 5.56 Å². The first-order valence-electron chi connectivity index (χ1n) is 18.7. The van der Waals surface area contributed by atoms with Crippen molar-refractivity contribution in [2.24, 2.45) is 5.92 Å². The fourth-order valence-electron chi connectivity index (χ4n) is 7.33. The zero-order chi connectivity index (χ0) is 35.4. The summed E-state index contributed by atoms with van der Waals surface area (Å²) in [5.74, 6) is 1.20. The predicted molar refractivity (Wildman–Crippen MR) is 200 cm³/mol. The molecule has 10 nitrogen and oxygen atoms in total. The third kappa shape index (κ3) is 10.1. The van der Waals surface area contributed by atoms with Crippen LogP contribution in [0.25, 0.3) is 10.9 Å². The Kier molecular flexibility index (Phi) is 13.0. The van der Waals surface area contributed by atoms with E-state index in [-0.39, 0.29) is 23.5 Å². The summed E-state index contributed by atoms with van der Waals surface area (Å²) in [7, 11) is 0. The van der Waals surface area contributed by atoms with Crippen molar-refractivity contribution in [3.63, 3.8) is 0 Å². The number of carbonyl (C=O) groups excluding carboxylic acids is 1. The Balaban J connectivity index is 0.870. The molecule has 272 valence electrons. The zero-order valence-corrected chi connectivity index (χ0v) is 29.5. The van der Waals surface area contributed by atoms with Crippen LogP contribution in [0.1, 0.15) is 75.0 Å². The number of aromatic nitrogens is 1. The van der Waals surface area contributed by atoms with Gasteiger partial charge >= 0.3 is 6.09 Å². The molecule has 4 aromatic rings. The number of aliphatic hydroxyl groups excluding tert-OH is 1. The molecule has 4 N–H and O–H groups in total. The molecule has 4 heterocycles. The SMILES string of the molecule is O=C(O[C@H]1CN2CCC1CC2)N(Cc1ccccc1)c1cccc(OCCCCCCCCCNC[C@H](O)c2ccc(O)c3[nH]c(=O)ccc23)c1. The van der Waals surface area contributed by atoms with Crippen molar-refractivity contribution in [1.29, 1.82) is 0 Å². The van der Waals surface area contributed by atoms with E-state index in [1.807, 2.05) is 54.6 Å². The predicted octanol–water partition coefficient (Wildman–Crippen LogP) is 6.90. The summed E-state index contributed by atoms with van der Waals surface area (Å²) < 4.78 is 12.3. The third-order valence-corrected chi connectivity index (χ3v) is 10.3. The largest absolute Gasteiger partial charge is 0.506 e. The lowest BCUT2D eigenvalue weighted by atomic mass is 9.86. The van der Waals surface area contributed by atoms with Gasteiger partial charge in [0.25, 0.3) is 0 Å². The summed E-state index contributed by atoms with van der Waals surface area (Å²) in [6, 6.07) is 24.1. The number of benzene rings is 3. The number of unbranched alkanes of at least 4 members (excludes halogenated alkanes) is 6. The van der Waals surface area contributed by atoms with Crippen LogP contribution in [-0.4, -0.2) is 71.6 Å². The van der Waals surface area contributed by atoms with Gasteiger partial charge in [-0.05, 0) is 86.6 Å². The lowest BCUT2D eigenvalue weighted by molar-refractivity contribution is -0.0311. The Bertz CT molecular complexity index is 1760. The number of aliphatic hydroxyl groups is 1. The zero-order valence-electron chi connectivity index (χ0n) is 29.5. The molecule has 0 unspecified atom stereocenters. The molecule has 7 rings (SSSR count). The van der Waals surface area contributed by atoms with Crippen LogP contribution in [0.5, 0.6) is 11.5 Å². The minimum absolute atomic E-state index is 0.00907. The van der Waals surface area contributed by atoms with Gasteiger partial charge in [-0.3, -0.25) is 14.6 Å². The number of aromatic amines is 1. The Morgan fingerprint density at radius 1 is 0.922 bits per heavy atom. The number of amides is 1. The number of H-pyrrole nitrogens is 1. The molecule has 0 spiro atoms. The van der Waals surface area contributed by atoms with E-state index < -0.39 is 6.10 Å².